The fourth-order valence-electron chi connectivity index (χ4n) is 3.50. The topological polar surface area (TPSA) is 97.7 Å². The number of carbonyl (C=O) groups is 1. The van der Waals surface area contributed by atoms with Crippen molar-refractivity contribution >= 4 is 37.5 Å². The molecule has 1 N–H and O–H groups in total. The molecule has 8 nitrogen and oxygen atoms in total. The van der Waals surface area contributed by atoms with Crippen LogP contribution < -0.4 is 9.60 Å². The van der Waals surface area contributed by atoms with E-state index in [4.69, 9.17) is 4.74 Å². The molecule has 0 saturated carbocycles. The van der Waals surface area contributed by atoms with Crippen LogP contribution in [0, 0.1) is 6.92 Å². The Hall–Kier alpha value is -2.53. The Morgan fingerprint density at radius 3 is 2.68 bits per heavy atom. The number of aromatic nitrogens is 1. The number of benzene rings is 2. The van der Waals surface area contributed by atoms with Crippen molar-refractivity contribution in [3.63, 3.8) is 0 Å². The minimum atomic E-state index is -3.75. The van der Waals surface area contributed by atoms with Crippen LogP contribution in [0.15, 0.2) is 52.2 Å². The lowest BCUT2D eigenvalue weighted by Crippen LogP contribution is -2.43. The summed E-state index contributed by atoms with van der Waals surface area (Å²) in [7, 11) is -3.75. The van der Waals surface area contributed by atoms with Gasteiger partial charge in [0.1, 0.15) is 6.54 Å². The molecular formula is C21H23N3O5S2. The van der Waals surface area contributed by atoms with E-state index in [0.29, 0.717) is 36.5 Å². The van der Waals surface area contributed by atoms with Crippen LogP contribution in [0.3, 0.4) is 0 Å². The first kappa shape index (κ1) is 21.7. The van der Waals surface area contributed by atoms with Gasteiger partial charge in [-0.25, -0.2) is 13.1 Å². The highest BCUT2D eigenvalue weighted by molar-refractivity contribution is 7.89. The molecule has 10 heteroatoms. The van der Waals surface area contributed by atoms with Crippen molar-refractivity contribution in [1.82, 2.24) is 14.2 Å². The summed E-state index contributed by atoms with van der Waals surface area (Å²) in [6.45, 7) is 4.03. The Balaban J connectivity index is 1.54. The molecule has 2 aromatic carbocycles. The number of sulfonamides is 1. The number of morpholine rings is 1. The number of hydrogen-bond donors (Lipinski definition) is 1. The van der Waals surface area contributed by atoms with Crippen LogP contribution in [-0.4, -0.2) is 50.1 Å². The Bertz CT molecular complexity index is 1270. The van der Waals surface area contributed by atoms with Crippen LogP contribution in [0.25, 0.3) is 10.2 Å². The summed E-state index contributed by atoms with van der Waals surface area (Å²) in [5.74, 6) is -0.151. The van der Waals surface area contributed by atoms with Gasteiger partial charge in [0.15, 0.2) is 0 Å². The minimum absolute atomic E-state index is 0.0729. The number of aryl methyl sites for hydroxylation is 1. The van der Waals surface area contributed by atoms with Crippen LogP contribution in [0.5, 0.6) is 0 Å². The summed E-state index contributed by atoms with van der Waals surface area (Å²) in [6.07, 6.45) is 0. The number of nitrogens with zero attached hydrogens (tertiary/aromatic N) is 2. The number of fused-ring (bicyclic) bond motifs is 1. The van der Waals surface area contributed by atoms with Crippen molar-refractivity contribution in [2.75, 3.05) is 26.3 Å². The summed E-state index contributed by atoms with van der Waals surface area (Å²) in [4.78, 5) is 26.5. The smallest absolute Gasteiger partial charge is 0.308 e. The second-order valence-corrected chi connectivity index (χ2v) is 10.2. The second-order valence-electron chi connectivity index (χ2n) is 7.39. The Labute approximate surface area is 184 Å². The average molecular weight is 462 g/mol. The fourth-order valence-corrected chi connectivity index (χ4v) is 5.54. The molecule has 1 aliphatic rings. The van der Waals surface area contributed by atoms with Gasteiger partial charge in [-0.15, -0.1) is 0 Å². The molecule has 0 bridgehead atoms. The van der Waals surface area contributed by atoms with Crippen molar-refractivity contribution in [2.24, 2.45) is 0 Å². The molecular weight excluding hydrogens is 438 g/mol. The quantitative estimate of drug-likeness (QED) is 0.603. The van der Waals surface area contributed by atoms with Gasteiger partial charge < -0.3 is 9.64 Å². The van der Waals surface area contributed by atoms with Crippen LogP contribution in [0.1, 0.15) is 11.1 Å². The van der Waals surface area contributed by atoms with Gasteiger partial charge in [0, 0.05) is 19.6 Å². The Morgan fingerprint density at radius 1 is 1.16 bits per heavy atom. The van der Waals surface area contributed by atoms with Gasteiger partial charge in [0.2, 0.25) is 15.9 Å². The lowest BCUT2D eigenvalue weighted by molar-refractivity contribution is -0.135. The van der Waals surface area contributed by atoms with E-state index in [9.17, 15) is 18.0 Å². The zero-order valence-electron chi connectivity index (χ0n) is 17.0. The first-order valence-corrected chi connectivity index (χ1v) is 12.2. The number of ether oxygens (including phenoxy) is 1. The zero-order chi connectivity index (χ0) is 22.0. The van der Waals surface area contributed by atoms with Crippen molar-refractivity contribution in [3.8, 4) is 0 Å². The Kier molecular flexibility index (Phi) is 6.24. The number of nitrogens with one attached hydrogen (secondary N) is 1. The van der Waals surface area contributed by atoms with E-state index < -0.39 is 10.0 Å². The number of amides is 1. The molecule has 4 rings (SSSR count). The van der Waals surface area contributed by atoms with E-state index in [2.05, 4.69) is 4.72 Å². The van der Waals surface area contributed by atoms with Crippen LogP contribution in [-0.2, 0) is 32.6 Å². The van der Waals surface area contributed by atoms with Crippen LogP contribution in [0.4, 0.5) is 0 Å². The van der Waals surface area contributed by atoms with Crippen molar-refractivity contribution < 1.29 is 17.9 Å². The van der Waals surface area contributed by atoms with E-state index in [1.807, 2.05) is 31.2 Å². The summed E-state index contributed by atoms with van der Waals surface area (Å²) >= 11 is 0.934. The van der Waals surface area contributed by atoms with Gasteiger partial charge in [-0.3, -0.25) is 14.2 Å². The first-order valence-electron chi connectivity index (χ1n) is 9.87. The van der Waals surface area contributed by atoms with E-state index in [1.165, 1.54) is 16.7 Å². The number of hydrogen-bond acceptors (Lipinski definition) is 6. The van der Waals surface area contributed by atoms with Crippen molar-refractivity contribution in [2.45, 2.75) is 24.9 Å². The maximum atomic E-state index is 12.7. The standard InChI is InChI=1S/C21H23N3O5S2/c1-15-3-2-4-16(11-15)13-22-31(27,28)17-5-6-18-19(12-17)30-21(26)24(18)14-20(25)23-7-9-29-10-8-23/h2-6,11-12,22H,7-10,13-14H2,1H3. The first-order chi connectivity index (χ1) is 14.8. The third kappa shape index (κ3) is 4.87. The van der Waals surface area contributed by atoms with Gasteiger partial charge in [0.25, 0.3) is 0 Å². The summed E-state index contributed by atoms with van der Waals surface area (Å²) < 4.78 is 35.3. The summed E-state index contributed by atoms with van der Waals surface area (Å²) in [5.41, 5.74) is 2.46. The normalized spacial score (nSPS) is 14.8. The van der Waals surface area contributed by atoms with Crippen molar-refractivity contribution in [1.29, 1.82) is 0 Å². The molecule has 31 heavy (non-hydrogen) atoms. The van der Waals surface area contributed by atoms with E-state index in [1.54, 1.807) is 11.0 Å². The highest BCUT2D eigenvalue weighted by atomic mass is 32.2. The number of rotatable bonds is 6. The fraction of sp³-hybridized carbons (Fsp3) is 0.333. The van der Waals surface area contributed by atoms with E-state index in [-0.39, 0.29) is 28.8 Å². The molecule has 3 aromatic rings. The molecule has 1 saturated heterocycles. The largest absolute Gasteiger partial charge is 0.378 e. The number of carbonyl (C=O) groups excluding carboxylic acids is 1. The molecule has 1 aromatic heterocycles. The molecule has 1 amide bonds. The summed E-state index contributed by atoms with van der Waals surface area (Å²) in [5, 5.41) is 0. The second kappa shape index (κ2) is 8.91. The van der Waals surface area contributed by atoms with Gasteiger partial charge in [-0.1, -0.05) is 41.2 Å². The van der Waals surface area contributed by atoms with Crippen LogP contribution in [0.2, 0.25) is 0 Å². The maximum absolute atomic E-state index is 12.7. The monoisotopic (exact) mass is 461 g/mol. The van der Waals surface area contributed by atoms with E-state index in [0.717, 1.165) is 22.5 Å². The summed E-state index contributed by atoms with van der Waals surface area (Å²) in [6, 6.07) is 12.1. The molecule has 2 heterocycles. The maximum Gasteiger partial charge on any atom is 0.308 e. The molecule has 164 valence electrons. The highest BCUT2D eigenvalue weighted by Gasteiger charge is 2.21. The predicted molar refractivity (Wildman–Crippen MR) is 119 cm³/mol. The predicted octanol–water partition coefficient (Wildman–Crippen LogP) is 1.71. The molecule has 0 unspecified atom stereocenters. The molecule has 0 aliphatic carbocycles. The van der Waals surface area contributed by atoms with Gasteiger partial charge in [-0.2, -0.15) is 0 Å². The minimum Gasteiger partial charge on any atom is -0.378 e. The van der Waals surface area contributed by atoms with E-state index >= 15 is 0 Å². The third-order valence-electron chi connectivity index (χ3n) is 5.16. The molecule has 0 atom stereocenters. The van der Waals surface area contributed by atoms with Crippen molar-refractivity contribution in [3.05, 3.63) is 63.3 Å². The average Bonchev–Trinajstić information content (AvgIpc) is 3.07. The molecule has 1 aliphatic heterocycles. The Morgan fingerprint density at radius 2 is 1.94 bits per heavy atom. The lowest BCUT2D eigenvalue weighted by Gasteiger charge is -2.26. The molecule has 0 radical (unpaired) electrons. The highest BCUT2D eigenvalue weighted by Crippen LogP contribution is 2.22. The van der Waals surface area contributed by atoms with Gasteiger partial charge in [-0.05, 0) is 30.7 Å². The molecule has 0 spiro atoms. The van der Waals surface area contributed by atoms with Gasteiger partial charge >= 0.3 is 4.87 Å². The van der Waals surface area contributed by atoms with Crippen LogP contribution >= 0.6 is 11.3 Å². The SMILES string of the molecule is Cc1cccc(CNS(=O)(=O)c2ccc3c(c2)sc(=O)n3CC(=O)N2CCOCC2)c1. The number of thiazole rings is 1. The van der Waals surface area contributed by atoms with Gasteiger partial charge in [0.05, 0.1) is 28.3 Å². The molecule has 1 fully saturated rings. The third-order valence-corrected chi connectivity index (χ3v) is 7.50. The zero-order valence-corrected chi connectivity index (χ0v) is 18.7. The lowest BCUT2D eigenvalue weighted by atomic mass is 10.1.